The maximum Gasteiger partial charge on any atom is 0.255 e. The largest absolute Gasteiger partial charge is 0.496 e. The number of aromatic amines is 1. The van der Waals surface area contributed by atoms with Crippen molar-refractivity contribution in [1.29, 1.82) is 0 Å². The molecule has 0 spiro atoms. The molecule has 0 aliphatic rings. The minimum atomic E-state index is -0.276. The Morgan fingerprint density at radius 3 is 2.44 bits per heavy atom. The van der Waals surface area contributed by atoms with Crippen LogP contribution in [0.15, 0.2) is 47.3 Å². The lowest BCUT2D eigenvalue weighted by Gasteiger charge is -2.12. The van der Waals surface area contributed by atoms with Crippen LogP contribution >= 0.6 is 0 Å². The fourth-order valence-electron chi connectivity index (χ4n) is 2.93. The summed E-state index contributed by atoms with van der Waals surface area (Å²) in [5, 5.41) is 4.77. The average Bonchev–Trinajstić information content (AvgIpc) is 2.59. The van der Waals surface area contributed by atoms with Crippen molar-refractivity contribution < 1.29 is 9.53 Å². The molecule has 3 rings (SSSR count). The number of ether oxygens (including phenoxy) is 1. The number of rotatable bonds is 4. The lowest BCUT2D eigenvalue weighted by molar-refractivity contribution is 0.0948. The number of hydrogen-bond acceptors (Lipinski definition) is 3. The molecule has 0 atom stereocenters. The van der Waals surface area contributed by atoms with Gasteiger partial charge in [-0.2, -0.15) is 0 Å². The van der Waals surface area contributed by atoms with Crippen LogP contribution in [0, 0.1) is 13.8 Å². The molecule has 0 unspecified atom stereocenters. The summed E-state index contributed by atoms with van der Waals surface area (Å²) < 4.78 is 5.36. The van der Waals surface area contributed by atoms with Crippen molar-refractivity contribution in [2.24, 2.45) is 0 Å². The summed E-state index contributed by atoms with van der Waals surface area (Å²) in [5.74, 6) is 0.229. The topological polar surface area (TPSA) is 71.2 Å². The molecule has 5 heteroatoms. The van der Waals surface area contributed by atoms with E-state index < -0.39 is 0 Å². The molecule has 2 N–H and O–H groups in total. The Bertz CT molecular complexity index is 1010. The van der Waals surface area contributed by atoms with Gasteiger partial charge in [-0.3, -0.25) is 9.59 Å². The summed E-state index contributed by atoms with van der Waals surface area (Å²) >= 11 is 0. The van der Waals surface area contributed by atoms with E-state index >= 15 is 0 Å². The molecule has 128 valence electrons. The van der Waals surface area contributed by atoms with E-state index in [0.717, 1.165) is 22.0 Å². The predicted molar refractivity (Wildman–Crippen MR) is 98.2 cm³/mol. The first-order chi connectivity index (χ1) is 12.0. The van der Waals surface area contributed by atoms with E-state index in [1.54, 1.807) is 6.07 Å². The van der Waals surface area contributed by atoms with E-state index in [-0.39, 0.29) is 18.0 Å². The van der Waals surface area contributed by atoms with Crippen LogP contribution < -0.4 is 15.6 Å². The first-order valence-corrected chi connectivity index (χ1v) is 8.04. The van der Waals surface area contributed by atoms with Gasteiger partial charge in [-0.05, 0) is 48.4 Å². The third-order valence-corrected chi connectivity index (χ3v) is 4.23. The molecular formula is C20H20N2O3. The van der Waals surface area contributed by atoms with Crippen molar-refractivity contribution in [1.82, 2.24) is 10.3 Å². The van der Waals surface area contributed by atoms with Crippen molar-refractivity contribution in [3.8, 4) is 5.75 Å². The summed E-state index contributed by atoms with van der Waals surface area (Å²) in [6.45, 7) is 3.85. The van der Waals surface area contributed by atoms with Gasteiger partial charge >= 0.3 is 0 Å². The molecule has 5 nitrogen and oxygen atoms in total. The molecule has 1 amide bonds. The van der Waals surface area contributed by atoms with Crippen LogP contribution in [0.25, 0.3) is 10.8 Å². The van der Waals surface area contributed by atoms with Gasteiger partial charge in [0.15, 0.2) is 0 Å². The van der Waals surface area contributed by atoms with Crippen LogP contribution in [0.2, 0.25) is 0 Å². The van der Waals surface area contributed by atoms with Gasteiger partial charge in [0.05, 0.1) is 12.7 Å². The van der Waals surface area contributed by atoms with Gasteiger partial charge in [0, 0.05) is 17.8 Å². The van der Waals surface area contributed by atoms with Crippen molar-refractivity contribution in [3.05, 3.63) is 75.2 Å². The first-order valence-electron chi connectivity index (χ1n) is 8.04. The number of carbonyl (C=O) groups is 1. The molecule has 1 aromatic heterocycles. The van der Waals surface area contributed by atoms with Crippen molar-refractivity contribution in [2.75, 3.05) is 7.11 Å². The number of benzene rings is 2. The third kappa shape index (κ3) is 3.40. The number of hydrogen-bond donors (Lipinski definition) is 2. The van der Waals surface area contributed by atoms with Crippen LogP contribution in [0.5, 0.6) is 5.75 Å². The SMILES string of the molecule is COc1cc2ccccc2cc1C(=O)NCc1c(C)cc(C)[nH]c1=O. The highest BCUT2D eigenvalue weighted by molar-refractivity contribution is 6.01. The van der Waals surface area contributed by atoms with Crippen molar-refractivity contribution in [2.45, 2.75) is 20.4 Å². The second-order valence-electron chi connectivity index (χ2n) is 6.03. The van der Waals surface area contributed by atoms with Gasteiger partial charge in [-0.15, -0.1) is 0 Å². The van der Waals surface area contributed by atoms with E-state index in [2.05, 4.69) is 10.3 Å². The molecule has 25 heavy (non-hydrogen) atoms. The van der Waals surface area contributed by atoms with Gasteiger partial charge in [-0.1, -0.05) is 24.3 Å². The number of carbonyl (C=O) groups excluding carboxylic acids is 1. The lowest BCUT2D eigenvalue weighted by Crippen LogP contribution is -2.28. The second-order valence-corrected chi connectivity index (χ2v) is 6.03. The smallest absolute Gasteiger partial charge is 0.255 e. The van der Waals surface area contributed by atoms with Crippen LogP contribution in [0.1, 0.15) is 27.2 Å². The first kappa shape index (κ1) is 16.8. The van der Waals surface area contributed by atoms with Gasteiger partial charge in [0.2, 0.25) is 0 Å². The molecule has 0 bridgehead atoms. The van der Waals surface area contributed by atoms with Gasteiger partial charge in [0.25, 0.3) is 11.5 Å². The number of nitrogens with one attached hydrogen (secondary N) is 2. The second kappa shape index (κ2) is 6.81. The van der Waals surface area contributed by atoms with Crippen LogP contribution in [0.3, 0.4) is 0 Å². The zero-order valence-electron chi connectivity index (χ0n) is 14.5. The molecule has 0 radical (unpaired) electrons. The van der Waals surface area contributed by atoms with Crippen LogP contribution in [-0.4, -0.2) is 18.0 Å². The standard InChI is InChI=1S/C20H20N2O3/c1-12-8-13(2)22-20(24)17(12)11-21-19(23)16-9-14-6-4-5-7-15(14)10-18(16)25-3/h4-10H,11H2,1-3H3,(H,21,23)(H,22,24). The fourth-order valence-corrected chi connectivity index (χ4v) is 2.93. The Kier molecular flexibility index (Phi) is 4.57. The number of aryl methyl sites for hydroxylation is 2. The van der Waals surface area contributed by atoms with Crippen LogP contribution in [0.4, 0.5) is 0 Å². The zero-order chi connectivity index (χ0) is 18.0. The Morgan fingerprint density at radius 2 is 1.80 bits per heavy atom. The average molecular weight is 336 g/mol. The summed E-state index contributed by atoms with van der Waals surface area (Å²) in [6.07, 6.45) is 0. The summed E-state index contributed by atoms with van der Waals surface area (Å²) in [6, 6.07) is 13.3. The zero-order valence-corrected chi connectivity index (χ0v) is 14.5. The molecular weight excluding hydrogens is 316 g/mol. The number of methoxy groups -OCH3 is 1. The highest BCUT2D eigenvalue weighted by Crippen LogP contribution is 2.26. The van der Waals surface area contributed by atoms with E-state index in [4.69, 9.17) is 4.74 Å². The number of H-pyrrole nitrogens is 1. The van der Waals surface area contributed by atoms with E-state index in [1.165, 1.54) is 7.11 Å². The normalized spacial score (nSPS) is 10.7. The van der Waals surface area contributed by atoms with Crippen molar-refractivity contribution in [3.63, 3.8) is 0 Å². The number of fused-ring (bicyclic) bond motifs is 1. The molecule has 2 aromatic carbocycles. The highest BCUT2D eigenvalue weighted by Gasteiger charge is 2.15. The Hall–Kier alpha value is -3.08. The number of amides is 1. The maximum atomic E-state index is 12.6. The predicted octanol–water partition coefficient (Wildman–Crippen LogP) is 3.08. The van der Waals surface area contributed by atoms with Crippen LogP contribution in [-0.2, 0) is 6.54 Å². The Morgan fingerprint density at radius 1 is 1.12 bits per heavy atom. The van der Waals surface area contributed by atoms with Crippen molar-refractivity contribution >= 4 is 16.7 Å². The Balaban J connectivity index is 1.89. The maximum absolute atomic E-state index is 12.6. The molecule has 1 heterocycles. The van der Waals surface area contributed by atoms with E-state index in [1.807, 2.05) is 50.2 Å². The molecule has 3 aromatic rings. The quantitative estimate of drug-likeness (QED) is 0.769. The third-order valence-electron chi connectivity index (χ3n) is 4.23. The van der Waals surface area contributed by atoms with Gasteiger partial charge in [-0.25, -0.2) is 0 Å². The number of pyridine rings is 1. The molecule has 0 aliphatic heterocycles. The minimum absolute atomic E-state index is 0.163. The van der Waals surface area contributed by atoms with Gasteiger partial charge < -0.3 is 15.0 Å². The summed E-state index contributed by atoms with van der Waals surface area (Å²) in [5.41, 5.74) is 2.48. The monoisotopic (exact) mass is 336 g/mol. The summed E-state index contributed by atoms with van der Waals surface area (Å²) in [7, 11) is 1.54. The molecule has 0 saturated heterocycles. The van der Waals surface area contributed by atoms with E-state index in [0.29, 0.717) is 16.9 Å². The molecule has 0 saturated carbocycles. The summed E-state index contributed by atoms with van der Waals surface area (Å²) in [4.78, 5) is 27.5. The van der Waals surface area contributed by atoms with Gasteiger partial charge in [0.1, 0.15) is 5.75 Å². The Labute approximate surface area is 145 Å². The molecule has 0 aliphatic carbocycles. The fraction of sp³-hybridized carbons (Fsp3) is 0.200. The highest BCUT2D eigenvalue weighted by atomic mass is 16.5. The lowest BCUT2D eigenvalue weighted by atomic mass is 10.0. The minimum Gasteiger partial charge on any atom is -0.496 e. The molecule has 0 fully saturated rings. The number of aromatic nitrogens is 1. The van der Waals surface area contributed by atoms with E-state index in [9.17, 15) is 9.59 Å².